The molecule has 86 valence electrons. The van der Waals surface area contributed by atoms with Crippen molar-refractivity contribution < 1.29 is 19.3 Å². The van der Waals surface area contributed by atoms with E-state index in [1.807, 2.05) is 0 Å². The van der Waals surface area contributed by atoms with Gasteiger partial charge >= 0.3 is 0 Å². The molecule has 1 spiro atoms. The summed E-state index contributed by atoms with van der Waals surface area (Å²) < 4.78 is 17.2. The van der Waals surface area contributed by atoms with Gasteiger partial charge in [0.1, 0.15) is 18.3 Å². The zero-order valence-electron chi connectivity index (χ0n) is 8.85. The van der Waals surface area contributed by atoms with E-state index in [2.05, 4.69) is 0 Å². The Hall–Kier alpha value is -0.160. The van der Waals surface area contributed by atoms with Crippen LogP contribution < -0.4 is 0 Å². The van der Waals surface area contributed by atoms with Crippen LogP contribution in [0.5, 0.6) is 0 Å². The largest absolute Gasteiger partial charge is 0.388 e. The number of ether oxygens (including phenoxy) is 3. The van der Waals surface area contributed by atoms with Crippen LogP contribution in [-0.2, 0) is 14.2 Å². The molecular weight excluding hydrogens is 196 g/mol. The second kappa shape index (κ2) is 3.70. The van der Waals surface area contributed by atoms with Crippen LogP contribution in [0.4, 0.5) is 0 Å². The van der Waals surface area contributed by atoms with Gasteiger partial charge in [0.05, 0.1) is 13.2 Å². The summed E-state index contributed by atoms with van der Waals surface area (Å²) in [5, 5.41) is 9.76. The van der Waals surface area contributed by atoms with Crippen LogP contribution in [0.15, 0.2) is 0 Å². The Morgan fingerprint density at radius 2 is 1.80 bits per heavy atom. The molecule has 15 heavy (non-hydrogen) atoms. The highest BCUT2D eigenvalue weighted by Gasteiger charge is 2.51. The van der Waals surface area contributed by atoms with Crippen LogP contribution in [0.2, 0.25) is 0 Å². The normalized spacial score (nSPS) is 44.2. The molecular formula is C11H18O4. The Kier molecular flexibility index (Phi) is 2.47. The van der Waals surface area contributed by atoms with Gasteiger partial charge in [0.15, 0.2) is 5.79 Å². The molecule has 0 amide bonds. The minimum atomic E-state index is -0.523. The molecule has 3 rings (SSSR count). The minimum absolute atomic E-state index is 0.0631. The van der Waals surface area contributed by atoms with Gasteiger partial charge in [0.2, 0.25) is 0 Å². The van der Waals surface area contributed by atoms with Gasteiger partial charge < -0.3 is 19.3 Å². The maximum atomic E-state index is 9.76. The predicted octanol–water partition coefficient (Wildman–Crippen LogP) is 0.822. The van der Waals surface area contributed by atoms with Crippen LogP contribution in [0.1, 0.15) is 32.1 Å². The molecule has 0 radical (unpaired) electrons. The number of hydrogen-bond acceptors (Lipinski definition) is 4. The number of fused-ring (bicyclic) bond motifs is 1. The van der Waals surface area contributed by atoms with Crippen LogP contribution in [-0.4, -0.2) is 42.4 Å². The number of hydrogen-bond donors (Lipinski definition) is 1. The Bertz CT molecular complexity index is 237. The van der Waals surface area contributed by atoms with Gasteiger partial charge in [0.25, 0.3) is 0 Å². The first kappa shape index (κ1) is 10.0. The second-order valence-electron chi connectivity index (χ2n) is 4.81. The van der Waals surface area contributed by atoms with Crippen molar-refractivity contribution in [2.75, 3.05) is 13.2 Å². The van der Waals surface area contributed by atoms with Gasteiger partial charge in [-0.3, -0.25) is 0 Å². The zero-order valence-corrected chi connectivity index (χ0v) is 8.85. The van der Waals surface area contributed by atoms with Crippen molar-refractivity contribution in [3.63, 3.8) is 0 Å². The van der Waals surface area contributed by atoms with Gasteiger partial charge in [0, 0.05) is 12.8 Å². The Morgan fingerprint density at radius 3 is 2.53 bits per heavy atom. The zero-order chi connectivity index (χ0) is 10.3. The minimum Gasteiger partial charge on any atom is -0.388 e. The smallest absolute Gasteiger partial charge is 0.169 e. The summed E-state index contributed by atoms with van der Waals surface area (Å²) in [6.45, 7) is 0.935. The van der Waals surface area contributed by atoms with Gasteiger partial charge in [-0.05, 0) is 12.8 Å². The Balaban J connectivity index is 1.74. The predicted molar refractivity (Wildman–Crippen MR) is 52.4 cm³/mol. The summed E-state index contributed by atoms with van der Waals surface area (Å²) >= 11 is 0. The summed E-state index contributed by atoms with van der Waals surface area (Å²) in [6.07, 6.45) is 4.77. The molecule has 1 aliphatic carbocycles. The first-order chi connectivity index (χ1) is 7.29. The maximum Gasteiger partial charge on any atom is 0.169 e. The second-order valence-corrected chi connectivity index (χ2v) is 4.81. The lowest BCUT2D eigenvalue weighted by Gasteiger charge is -2.32. The molecule has 1 N–H and O–H groups in total. The highest BCUT2D eigenvalue weighted by molar-refractivity contribution is 4.93. The molecule has 4 nitrogen and oxygen atoms in total. The third kappa shape index (κ3) is 1.69. The summed E-state index contributed by atoms with van der Waals surface area (Å²) in [7, 11) is 0. The van der Waals surface area contributed by atoms with Crippen molar-refractivity contribution in [3.8, 4) is 0 Å². The van der Waals surface area contributed by atoms with Crippen LogP contribution in [0, 0.1) is 0 Å². The summed E-state index contributed by atoms with van der Waals surface area (Å²) in [4.78, 5) is 0. The molecule has 0 bridgehead atoms. The number of aliphatic hydroxyl groups excluding tert-OH is 1. The van der Waals surface area contributed by atoms with Gasteiger partial charge in [-0.15, -0.1) is 0 Å². The molecule has 2 aliphatic heterocycles. The van der Waals surface area contributed by atoms with Crippen molar-refractivity contribution in [3.05, 3.63) is 0 Å². The summed E-state index contributed by atoms with van der Waals surface area (Å²) in [6, 6.07) is 0. The molecule has 3 atom stereocenters. The Labute approximate surface area is 89.5 Å². The highest BCUT2D eigenvalue weighted by Crippen LogP contribution is 2.42. The fraction of sp³-hybridized carbons (Fsp3) is 1.00. The molecule has 0 aromatic heterocycles. The highest BCUT2D eigenvalue weighted by atomic mass is 16.8. The topological polar surface area (TPSA) is 47.9 Å². The van der Waals surface area contributed by atoms with Crippen molar-refractivity contribution in [2.24, 2.45) is 0 Å². The fourth-order valence-corrected chi connectivity index (χ4v) is 2.88. The van der Waals surface area contributed by atoms with Crippen molar-refractivity contribution >= 4 is 0 Å². The summed E-state index contributed by atoms with van der Waals surface area (Å²) in [5.74, 6) is -0.401. The molecule has 3 aliphatic rings. The number of aliphatic hydroxyl groups is 1. The lowest BCUT2D eigenvalue weighted by atomic mass is 9.94. The monoisotopic (exact) mass is 214 g/mol. The quantitative estimate of drug-likeness (QED) is 0.648. The van der Waals surface area contributed by atoms with Crippen molar-refractivity contribution in [1.82, 2.24) is 0 Å². The van der Waals surface area contributed by atoms with Crippen molar-refractivity contribution in [1.29, 1.82) is 0 Å². The molecule has 2 heterocycles. The van der Waals surface area contributed by atoms with Crippen LogP contribution in [0.25, 0.3) is 0 Å². The lowest BCUT2D eigenvalue weighted by Crippen LogP contribution is -2.45. The average Bonchev–Trinajstić information content (AvgIpc) is 2.59. The van der Waals surface area contributed by atoms with E-state index in [1.165, 1.54) is 6.42 Å². The molecule has 3 fully saturated rings. The molecule has 4 heteroatoms. The third-order valence-corrected chi connectivity index (χ3v) is 3.65. The van der Waals surface area contributed by atoms with E-state index in [0.717, 1.165) is 25.7 Å². The molecule has 3 unspecified atom stereocenters. The van der Waals surface area contributed by atoms with Crippen LogP contribution in [0.3, 0.4) is 0 Å². The van der Waals surface area contributed by atoms with Gasteiger partial charge in [-0.25, -0.2) is 0 Å². The Morgan fingerprint density at radius 1 is 1.00 bits per heavy atom. The molecule has 1 saturated carbocycles. The lowest BCUT2D eigenvalue weighted by molar-refractivity contribution is -0.197. The molecule has 0 aromatic carbocycles. The number of rotatable bonds is 0. The van der Waals surface area contributed by atoms with Crippen LogP contribution >= 0.6 is 0 Å². The standard InChI is InChI=1S/C11H18O4/c12-8-6-13-7-9-10(8)15-11(14-9)4-2-1-3-5-11/h8-10,12H,1-7H2. The first-order valence-electron chi connectivity index (χ1n) is 5.91. The fourth-order valence-electron chi connectivity index (χ4n) is 2.88. The van der Waals surface area contributed by atoms with E-state index in [4.69, 9.17) is 14.2 Å². The van der Waals surface area contributed by atoms with Gasteiger partial charge in [-0.2, -0.15) is 0 Å². The van der Waals surface area contributed by atoms with E-state index < -0.39 is 11.9 Å². The van der Waals surface area contributed by atoms with E-state index in [-0.39, 0.29) is 12.2 Å². The maximum absolute atomic E-state index is 9.76. The third-order valence-electron chi connectivity index (χ3n) is 3.65. The summed E-state index contributed by atoms with van der Waals surface area (Å²) in [5.41, 5.74) is 0. The molecule has 2 saturated heterocycles. The van der Waals surface area contributed by atoms with Crippen molar-refractivity contribution in [2.45, 2.75) is 56.2 Å². The average molecular weight is 214 g/mol. The van der Waals surface area contributed by atoms with E-state index >= 15 is 0 Å². The SMILES string of the molecule is OC1COCC2OC3(CCCCC3)OC12. The molecule has 0 aromatic rings. The van der Waals surface area contributed by atoms with E-state index in [1.54, 1.807) is 0 Å². The van der Waals surface area contributed by atoms with Gasteiger partial charge in [-0.1, -0.05) is 6.42 Å². The van der Waals surface area contributed by atoms with E-state index in [9.17, 15) is 5.11 Å². The first-order valence-corrected chi connectivity index (χ1v) is 5.91. The van der Waals surface area contributed by atoms with E-state index in [0.29, 0.717) is 13.2 Å².